The predicted molar refractivity (Wildman–Crippen MR) is 58.2 cm³/mol. The quantitative estimate of drug-likeness (QED) is 0.335. The zero-order valence-corrected chi connectivity index (χ0v) is 9.73. The van der Waals surface area contributed by atoms with E-state index in [1.165, 1.54) is 30.8 Å². The molecule has 1 nitrogen and oxygen atoms in total. The molecule has 0 fully saturated rings. The van der Waals surface area contributed by atoms with Crippen molar-refractivity contribution in [3.05, 3.63) is 12.8 Å². The molecule has 0 aliphatic heterocycles. The lowest BCUT2D eigenvalue weighted by molar-refractivity contribution is 0.250. The van der Waals surface area contributed by atoms with Gasteiger partial charge in [-0.3, -0.25) is 0 Å². The van der Waals surface area contributed by atoms with Crippen LogP contribution in [0.15, 0.2) is 12.8 Å². The molecule has 0 amide bonds. The van der Waals surface area contributed by atoms with Crippen molar-refractivity contribution in [2.24, 2.45) is 0 Å². The summed E-state index contributed by atoms with van der Waals surface area (Å²) in [5.41, 5.74) is 0. The number of hydrogen-bond acceptors (Lipinski definition) is 1. The van der Waals surface area contributed by atoms with Crippen LogP contribution in [0.3, 0.4) is 0 Å². The van der Waals surface area contributed by atoms with Crippen LogP contribution in [0.4, 0.5) is 0 Å². The first-order valence-corrected chi connectivity index (χ1v) is 8.03. The van der Waals surface area contributed by atoms with Gasteiger partial charge in [0.1, 0.15) is 0 Å². The minimum Gasteiger partial charge on any atom is -0.502 e. The molecule has 72 valence electrons. The molecule has 0 N–H and O–H groups in total. The minimum atomic E-state index is -0.862. The molecule has 0 unspecified atom stereocenters. The number of hydrogen-bond donors (Lipinski definition) is 0. The summed E-state index contributed by atoms with van der Waals surface area (Å²) < 4.78 is 5.10. The van der Waals surface area contributed by atoms with E-state index in [2.05, 4.69) is 27.0 Å². The molecule has 0 saturated carbocycles. The summed E-state index contributed by atoms with van der Waals surface area (Å²) in [6.07, 6.45) is 2.74. The molecule has 0 radical (unpaired) electrons. The van der Waals surface area contributed by atoms with Gasteiger partial charge >= 0.3 is 0 Å². The lowest BCUT2D eigenvalue weighted by Gasteiger charge is -2.23. The summed E-state index contributed by atoms with van der Waals surface area (Å²) in [5, 5.41) is 0. The molecule has 0 heterocycles. The van der Waals surface area contributed by atoms with E-state index < -0.39 is 8.07 Å². The summed E-state index contributed by atoms with van der Waals surface area (Å²) in [6.45, 7) is 11.5. The third-order valence-electron chi connectivity index (χ3n) is 2.87. The second kappa shape index (κ2) is 6.29. The second-order valence-corrected chi connectivity index (χ2v) is 9.19. The molecule has 0 aromatic rings. The fourth-order valence-corrected chi connectivity index (χ4v) is 3.47. The first-order chi connectivity index (χ1) is 5.68. The van der Waals surface area contributed by atoms with E-state index in [0.717, 1.165) is 6.61 Å². The van der Waals surface area contributed by atoms with Crippen molar-refractivity contribution in [3.63, 3.8) is 0 Å². The van der Waals surface area contributed by atoms with Crippen molar-refractivity contribution in [1.82, 2.24) is 0 Å². The lowest BCUT2D eigenvalue weighted by Crippen LogP contribution is -2.27. The molecule has 0 spiro atoms. The van der Waals surface area contributed by atoms with Crippen molar-refractivity contribution >= 4 is 8.07 Å². The maximum absolute atomic E-state index is 5.10. The summed E-state index contributed by atoms with van der Waals surface area (Å²) in [4.78, 5) is 0. The van der Waals surface area contributed by atoms with Gasteiger partial charge in [-0.2, -0.15) is 0 Å². The van der Waals surface area contributed by atoms with Gasteiger partial charge in [-0.25, -0.2) is 0 Å². The van der Waals surface area contributed by atoms with E-state index in [1.807, 2.05) is 0 Å². The zero-order chi connectivity index (χ0) is 9.45. The highest BCUT2D eigenvalue weighted by Crippen LogP contribution is 2.21. The van der Waals surface area contributed by atoms with Gasteiger partial charge in [-0.15, -0.1) is 0 Å². The average Bonchev–Trinajstić information content (AvgIpc) is 2.12. The SMILES string of the molecule is C=COCCC[Si](C)(CC)CC. The van der Waals surface area contributed by atoms with Crippen molar-refractivity contribution in [2.75, 3.05) is 6.61 Å². The molecule has 12 heavy (non-hydrogen) atoms. The van der Waals surface area contributed by atoms with Gasteiger partial charge in [0.15, 0.2) is 0 Å². The van der Waals surface area contributed by atoms with Crippen LogP contribution in [0.25, 0.3) is 0 Å². The maximum Gasteiger partial charge on any atom is 0.0870 e. The average molecular weight is 186 g/mol. The molecule has 2 heteroatoms. The van der Waals surface area contributed by atoms with Gasteiger partial charge in [0.05, 0.1) is 20.9 Å². The topological polar surface area (TPSA) is 9.23 Å². The number of ether oxygens (including phenoxy) is 1. The van der Waals surface area contributed by atoms with Crippen LogP contribution in [-0.4, -0.2) is 14.7 Å². The van der Waals surface area contributed by atoms with Crippen molar-refractivity contribution < 1.29 is 4.74 Å². The first kappa shape index (κ1) is 11.8. The standard InChI is InChI=1S/C10H22OSi/c1-5-11-9-8-10-12(4,6-2)7-3/h5H,1,6-10H2,2-4H3. The van der Waals surface area contributed by atoms with Gasteiger partial charge in [0.25, 0.3) is 0 Å². The highest BCUT2D eigenvalue weighted by atomic mass is 28.3. The Balaban J connectivity index is 3.51. The van der Waals surface area contributed by atoms with Crippen LogP contribution in [0.2, 0.25) is 24.7 Å². The van der Waals surface area contributed by atoms with Crippen LogP contribution < -0.4 is 0 Å². The molecule has 0 bridgehead atoms. The Hall–Kier alpha value is -0.243. The van der Waals surface area contributed by atoms with Crippen LogP contribution >= 0.6 is 0 Å². The molecule has 0 aromatic carbocycles. The Kier molecular flexibility index (Phi) is 6.16. The monoisotopic (exact) mass is 186 g/mol. The molecule has 0 saturated heterocycles. The Morgan fingerprint density at radius 3 is 2.33 bits per heavy atom. The summed E-state index contributed by atoms with van der Waals surface area (Å²) >= 11 is 0. The summed E-state index contributed by atoms with van der Waals surface area (Å²) in [5.74, 6) is 0. The predicted octanol–water partition coefficient (Wildman–Crippen LogP) is 3.66. The summed E-state index contributed by atoms with van der Waals surface area (Å²) in [7, 11) is -0.862. The molecular weight excluding hydrogens is 164 g/mol. The first-order valence-electron chi connectivity index (χ1n) is 4.91. The largest absolute Gasteiger partial charge is 0.502 e. The zero-order valence-electron chi connectivity index (χ0n) is 8.73. The van der Waals surface area contributed by atoms with Crippen LogP contribution in [0, 0.1) is 0 Å². The maximum atomic E-state index is 5.10. The normalized spacial score (nSPS) is 11.2. The van der Waals surface area contributed by atoms with E-state index >= 15 is 0 Å². The van der Waals surface area contributed by atoms with Gasteiger partial charge in [0.2, 0.25) is 0 Å². The fourth-order valence-electron chi connectivity index (χ4n) is 1.27. The third kappa shape index (κ3) is 4.60. The lowest BCUT2D eigenvalue weighted by atomic mass is 10.5. The Bertz CT molecular complexity index is 119. The summed E-state index contributed by atoms with van der Waals surface area (Å²) in [6, 6.07) is 4.20. The van der Waals surface area contributed by atoms with Crippen molar-refractivity contribution in [3.8, 4) is 0 Å². The van der Waals surface area contributed by atoms with Crippen LogP contribution in [0.5, 0.6) is 0 Å². The van der Waals surface area contributed by atoms with E-state index in [9.17, 15) is 0 Å². The van der Waals surface area contributed by atoms with Crippen LogP contribution in [0.1, 0.15) is 20.3 Å². The highest BCUT2D eigenvalue weighted by Gasteiger charge is 2.21. The van der Waals surface area contributed by atoms with Gasteiger partial charge in [-0.1, -0.05) is 45.1 Å². The number of rotatable bonds is 7. The molecular formula is C10H22OSi. The Morgan fingerprint density at radius 1 is 1.33 bits per heavy atom. The smallest absolute Gasteiger partial charge is 0.0870 e. The van der Waals surface area contributed by atoms with Crippen molar-refractivity contribution in [1.29, 1.82) is 0 Å². The van der Waals surface area contributed by atoms with E-state index in [1.54, 1.807) is 0 Å². The Morgan fingerprint density at radius 2 is 1.92 bits per heavy atom. The third-order valence-corrected chi connectivity index (χ3v) is 7.84. The minimum absolute atomic E-state index is 0.853. The van der Waals surface area contributed by atoms with Crippen LogP contribution in [-0.2, 0) is 4.74 Å². The van der Waals surface area contributed by atoms with Gasteiger partial charge < -0.3 is 4.74 Å². The second-order valence-electron chi connectivity index (χ2n) is 3.66. The Labute approximate surface area is 77.8 Å². The van der Waals surface area contributed by atoms with Gasteiger partial charge in [-0.05, 0) is 6.42 Å². The molecule has 0 aliphatic carbocycles. The molecule has 0 atom stereocenters. The van der Waals surface area contributed by atoms with E-state index in [0.29, 0.717) is 0 Å². The molecule has 0 aliphatic rings. The molecule has 0 aromatic heterocycles. The highest BCUT2D eigenvalue weighted by molar-refractivity contribution is 6.78. The fraction of sp³-hybridized carbons (Fsp3) is 0.800. The van der Waals surface area contributed by atoms with E-state index in [4.69, 9.17) is 4.74 Å². The van der Waals surface area contributed by atoms with Gasteiger partial charge in [0, 0.05) is 0 Å². The van der Waals surface area contributed by atoms with Crippen molar-refractivity contribution in [2.45, 2.75) is 44.9 Å². The van der Waals surface area contributed by atoms with E-state index in [-0.39, 0.29) is 0 Å². The molecule has 0 rings (SSSR count).